The van der Waals surface area contributed by atoms with E-state index in [4.69, 9.17) is 5.26 Å². The molecule has 1 N–H and O–H groups in total. The Morgan fingerprint density at radius 2 is 1.88 bits per heavy atom. The van der Waals surface area contributed by atoms with Crippen molar-refractivity contribution in [1.82, 2.24) is 19.8 Å². The van der Waals surface area contributed by atoms with Crippen LogP contribution in [0.1, 0.15) is 23.0 Å². The second-order valence-electron chi connectivity index (χ2n) is 5.83. The minimum absolute atomic E-state index is 0.0758. The Morgan fingerprint density at radius 3 is 2.44 bits per heavy atom. The molecular formula is C18H20N6O. The molecule has 128 valence electrons. The van der Waals surface area contributed by atoms with E-state index < -0.39 is 0 Å². The number of nitrogens with zero attached hydrogens (tertiary/aromatic N) is 5. The molecule has 1 aliphatic heterocycles. The van der Waals surface area contributed by atoms with E-state index in [2.05, 4.69) is 33.2 Å². The number of piperazine rings is 1. The molecule has 7 nitrogen and oxygen atoms in total. The average Bonchev–Trinajstić information content (AvgIpc) is 2.69. The van der Waals surface area contributed by atoms with Crippen LogP contribution in [-0.2, 0) is 0 Å². The fourth-order valence-electron chi connectivity index (χ4n) is 2.71. The van der Waals surface area contributed by atoms with Crippen molar-refractivity contribution in [2.75, 3.05) is 38.0 Å². The molecule has 1 fully saturated rings. The van der Waals surface area contributed by atoms with Gasteiger partial charge in [-0.25, -0.2) is 9.97 Å². The lowest BCUT2D eigenvalue weighted by molar-refractivity contribution is 0.0637. The fourth-order valence-corrected chi connectivity index (χ4v) is 2.71. The van der Waals surface area contributed by atoms with Crippen molar-refractivity contribution < 1.29 is 4.79 Å². The number of carbonyl (C=O) groups excluding carboxylic acids is 1. The molecule has 25 heavy (non-hydrogen) atoms. The lowest BCUT2D eigenvalue weighted by Crippen LogP contribution is -2.48. The van der Waals surface area contributed by atoms with Crippen molar-refractivity contribution in [3.05, 3.63) is 47.9 Å². The van der Waals surface area contributed by atoms with Crippen molar-refractivity contribution in [3.63, 3.8) is 0 Å². The number of anilines is 2. The smallest absolute Gasteiger partial charge is 0.274 e. The number of carbonyl (C=O) groups is 1. The first kappa shape index (κ1) is 16.9. The maximum Gasteiger partial charge on any atom is 0.274 e. The van der Waals surface area contributed by atoms with Gasteiger partial charge >= 0.3 is 0 Å². The summed E-state index contributed by atoms with van der Waals surface area (Å²) >= 11 is 0. The van der Waals surface area contributed by atoms with Crippen LogP contribution in [0.15, 0.2) is 36.7 Å². The van der Waals surface area contributed by atoms with Gasteiger partial charge in [0.05, 0.1) is 24.0 Å². The lowest BCUT2D eigenvalue weighted by Gasteiger charge is -2.33. The first-order valence-electron chi connectivity index (χ1n) is 8.30. The molecule has 1 amide bonds. The van der Waals surface area contributed by atoms with Gasteiger partial charge in [0.2, 0.25) is 0 Å². The molecule has 1 aromatic carbocycles. The lowest BCUT2D eigenvalue weighted by atomic mass is 10.2. The molecule has 1 saturated heterocycles. The molecule has 2 aromatic rings. The number of aromatic nitrogens is 2. The Kier molecular flexibility index (Phi) is 5.21. The first-order valence-corrected chi connectivity index (χ1v) is 8.30. The SMILES string of the molecule is CCN1CCN(C(=O)c2cnc(Nc3ccc(C#N)cc3)cn2)CC1. The number of hydrogen-bond acceptors (Lipinski definition) is 6. The summed E-state index contributed by atoms with van der Waals surface area (Å²) in [6, 6.07) is 9.12. The Morgan fingerprint density at radius 1 is 1.16 bits per heavy atom. The second kappa shape index (κ2) is 7.73. The van der Waals surface area contributed by atoms with Gasteiger partial charge in [0.1, 0.15) is 11.5 Å². The van der Waals surface area contributed by atoms with Gasteiger partial charge < -0.3 is 15.1 Å². The fraction of sp³-hybridized carbons (Fsp3) is 0.333. The van der Waals surface area contributed by atoms with Crippen LogP contribution in [0, 0.1) is 11.3 Å². The minimum atomic E-state index is -0.0758. The van der Waals surface area contributed by atoms with E-state index in [9.17, 15) is 4.79 Å². The van der Waals surface area contributed by atoms with Gasteiger partial charge in [0.25, 0.3) is 5.91 Å². The van der Waals surface area contributed by atoms with E-state index in [0.29, 0.717) is 17.1 Å². The van der Waals surface area contributed by atoms with Crippen LogP contribution in [0.4, 0.5) is 11.5 Å². The quantitative estimate of drug-likeness (QED) is 0.917. The van der Waals surface area contributed by atoms with E-state index in [1.165, 1.54) is 6.20 Å². The van der Waals surface area contributed by atoms with E-state index in [1.807, 2.05) is 4.90 Å². The van der Waals surface area contributed by atoms with Gasteiger partial charge in [0, 0.05) is 31.9 Å². The zero-order valence-corrected chi connectivity index (χ0v) is 14.1. The van der Waals surface area contributed by atoms with E-state index >= 15 is 0 Å². The number of hydrogen-bond donors (Lipinski definition) is 1. The van der Waals surface area contributed by atoms with Crippen LogP contribution < -0.4 is 5.32 Å². The first-order chi connectivity index (χ1) is 12.2. The number of benzene rings is 1. The Hall–Kier alpha value is -2.98. The van der Waals surface area contributed by atoms with Gasteiger partial charge in [-0.05, 0) is 30.8 Å². The van der Waals surface area contributed by atoms with Crippen molar-refractivity contribution in [3.8, 4) is 6.07 Å². The van der Waals surface area contributed by atoms with Crippen molar-refractivity contribution in [1.29, 1.82) is 5.26 Å². The van der Waals surface area contributed by atoms with Crippen LogP contribution in [-0.4, -0.2) is 58.4 Å². The average molecular weight is 336 g/mol. The minimum Gasteiger partial charge on any atom is -0.339 e. The summed E-state index contributed by atoms with van der Waals surface area (Å²) in [7, 11) is 0. The number of amides is 1. The Bertz CT molecular complexity index is 758. The molecule has 7 heteroatoms. The summed E-state index contributed by atoms with van der Waals surface area (Å²) in [5, 5.41) is 11.9. The zero-order chi connectivity index (χ0) is 17.6. The Balaban J connectivity index is 1.61. The number of rotatable bonds is 4. The predicted molar refractivity (Wildman–Crippen MR) is 94.5 cm³/mol. The summed E-state index contributed by atoms with van der Waals surface area (Å²) in [4.78, 5) is 25.1. The van der Waals surface area contributed by atoms with Gasteiger partial charge in [-0.15, -0.1) is 0 Å². The highest BCUT2D eigenvalue weighted by atomic mass is 16.2. The third-order valence-corrected chi connectivity index (χ3v) is 4.26. The standard InChI is InChI=1S/C18H20N6O/c1-2-23-7-9-24(10-8-23)18(25)16-12-21-17(13-20-16)22-15-5-3-14(11-19)4-6-15/h3-6,12-13H,2,7-10H2,1H3,(H,21,22). The molecule has 0 bridgehead atoms. The van der Waals surface area contributed by atoms with Crippen LogP contribution in [0.5, 0.6) is 0 Å². The molecule has 1 aliphatic rings. The highest BCUT2D eigenvalue weighted by molar-refractivity contribution is 5.92. The molecule has 0 saturated carbocycles. The molecule has 0 aliphatic carbocycles. The maximum atomic E-state index is 12.5. The highest BCUT2D eigenvalue weighted by Crippen LogP contribution is 2.15. The van der Waals surface area contributed by atoms with Crippen LogP contribution in [0.2, 0.25) is 0 Å². The second-order valence-corrected chi connectivity index (χ2v) is 5.83. The molecule has 0 spiro atoms. The molecule has 2 heterocycles. The third kappa shape index (κ3) is 4.11. The van der Waals surface area contributed by atoms with Crippen LogP contribution in [0.25, 0.3) is 0 Å². The van der Waals surface area contributed by atoms with Crippen LogP contribution >= 0.6 is 0 Å². The zero-order valence-electron chi connectivity index (χ0n) is 14.1. The monoisotopic (exact) mass is 336 g/mol. The predicted octanol–water partition coefficient (Wildman–Crippen LogP) is 1.87. The van der Waals surface area contributed by atoms with E-state index in [-0.39, 0.29) is 5.91 Å². The number of nitriles is 1. The third-order valence-electron chi connectivity index (χ3n) is 4.26. The normalized spacial score (nSPS) is 14.8. The van der Waals surface area contributed by atoms with Gasteiger partial charge in [0.15, 0.2) is 0 Å². The largest absolute Gasteiger partial charge is 0.339 e. The molecule has 0 radical (unpaired) electrons. The number of likely N-dealkylation sites (N-methyl/N-ethyl adjacent to an activating group) is 1. The summed E-state index contributed by atoms with van der Waals surface area (Å²) in [5.74, 6) is 0.477. The van der Waals surface area contributed by atoms with Crippen molar-refractivity contribution >= 4 is 17.4 Å². The molecule has 1 aromatic heterocycles. The topological polar surface area (TPSA) is 85.1 Å². The summed E-state index contributed by atoms with van der Waals surface area (Å²) in [6.07, 6.45) is 3.05. The summed E-state index contributed by atoms with van der Waals surface area (Å²) in [6.45, 7) is 6.38. The van der Waals surface area contributed by atoms with Crippen LogP contribution in [0.3, 0.4) is 0 Å². The van der Waals surface area contributed by atoms with E-state index in [1.54, 1.807) is 30.5 Å². The highest BCUT2D eigenvalue weighted by Gasteiger charge is 2.22. The summed E-state index contributed by atoms with van der Waals surface area (Å²) in [5.41, 5.74) is 1.76. The van der Waals surface area contributed by atoms with Gasteiger partial charge in [-0.2, -0.15) is 5.26 Å². The van der Waals surface area contributed by atoms with Gasteiger partial charge in [-0.1, -0.05) is 6.92 Å². The van der Waals surface area contributed by atoms with E-state index in [0.717, 1.165) is 38.4 Å². The summed E-state index contributed by atoms with van der Waals surface area (Å²) < 4.78 is 0. The van der Waals surface area contributed by atoms with Crippen molar-refractivity contribution in [2.45, 2.75) is 6.92 Å². The van der Waals surface area contributed by atoms with Crippen molar-refractivity contribution in [2.24, 2.45) is 0 Å². The molecule has 0 atom stereocenters. The van der Waals surface area contributed by atoms with Gasteiger partial charge in [-0.3, -0.25) is 4.79 Å². The molecule has 3 rings (SSSR count). The number of nitrogens with one attached hydrogen (secondary N) is 1. The Labute approximate surface area is 146 Å². The maximum absolute atomic E-state index is 12.5. The molecular weight excluding hydrogens is 316 g/mol. The molecule has 0 unspecified atom stereocenters.